The van der Waals surface area contributed by atoms with Crippen LogP contribution in [0.4, 0.5) is 0 Å². The van der Waals surface area contributed by atoms with Gasteiger partial charge in [-0.2, -0.15) is 0 Å². The zero-order valence-corrected chi connectivity index (χ0v) is 13.5. The predicted octanol–water partition coefficient (Wildman–Crippen LogP) is 5.94. The summed E-state index contributed by atoms with van der Waals surface area (Å²) >= 11 is 0. The summed E-state index contributed by atoms with van der Waals surface area (Å²) in [6.07, 6.45) is 20.3. The van der Waals surface area contributed by atoms with Crippen LogP contribution in [0.25, 0.3) is 0 Å². The molecule has 0 rings (SSSR count). The van der Waals surface area contributed by atoms with E-state index in [1.807, 2.05) is 0 Å². The van der Waals surface area contributed by atoms with Gasteiger partial charge < -0.3 is 0 Å². The van der Waals surface area contributed by atoms with E-state index in [4.69, 9.17) is 0 Å². The number of unbranched alkanes of at least 4 members (excludes halogenated alkanes) is 10. The molecular formula is C18H41Al. The zero-order valence-electron chi connectivity index (χ0n) is 13.5. The Morgan fingerprint density at radius 3 is 1.21 bits per heavy atom. The van der Waals surface area contributed by atoms with Gasteiger partial charge in [0, 0.05) is 0 Å². The van der Waals surface area contributed by atoms with Gasteiger partial charge in [-0.25, -0.2) is 0 Å². The Morgan fingerprint density at radius 1 is 0.526 bits per heavy atom. The van der Waals surface area contributed by atoms with Gasteiger partial charge in [-0.05, 0) is 5.92 Å². The first-order valence-corrected chi connectivity index (χ1v) is 8.81. The first kappa shape index (κ1) is 21.8. The fourth-order valence-corrected chi connectivity index (χ4v) is 2.69. The van der Waals surface area contributed by atoms with Crippen LogP contribution in [0.15, 0.2) is 0 Å². The van der Waals surface area contributed by atoms with E-state index in [2.05, 4.69) is 20.8 Å². The average Bonchev–Trinajstić information content (AvgIpc) is 2.37. The molecule has 0 aromatic heterocycles. The molecule has 0 aromatic carbocycles. The Hall–Kier alpha value is 0.532. The molecule has 1 atom stereocenters. The molecule has 0 spiro atoms. The number of hydrogen-bond donors (Lipinski definition) is 0. The van der Waals surface area contributed by atoms with Gasteiger partial charge in [0.15, 0.2) is 17.4 Å². The van der Waals surface area contributed by atoms with Crippen LogP contribution < -0.4 is 0 Å². The van der Waals surface area contributed by atoms with Gasteiger partial charge in [-0.15, -0.1) is 0 Å². The maximum absolute atomic E-state index is 2.46. The summed E-state index contributed by atoms with van der Waals surface area (Å²) in [5.41, 5.74) is 0. The minimum Gasteiger partial charge on any atom is -0.0654 e. The Kier molecular flexibility index (Phi) is 21.3. The summed E-state index contributed by atoms with van der Waals surface area (Å²) in [6, 6.07) is 0. The highest BCUT2D eigenvalue weighted by Gasteiger charge is 2.01. The summed E-state index contributed by atoms with van der Waals surface area (Å²) in [5, 5.41) is 0. The molecule has 19 heavy (non-hydrogen) atoms. The van der Waals surface area contributed by atoms with E-state index in [9.17, 15) is 0 Å². The quantitative estimate of drug-likeness (QED) is 0.273. The molecule has 0 radical (unpaired) electrons. The fraction of sp³-hybridized carbons (Fsp3) is 1.00. The van der Waals surface area contributed by atoms with Gasteiger partial charge in [-0.3, -0.25) is 0 Å². The summed E-state index contributed by atoms with van der Waals surface area (Å²) in [4.78, 5) is 0. The molecule has 0 heterocycles. The van der Waals surface area contributed by atoms with E-state index in [0.717, 1.165) is 5.92 Å². The molecule has 0 aliphatic heterocycles. The van der Waals surface area contributed by atoms with Gasteiger partial charge in [0.05, 0.1) is 0 Å². The molecule has 0 aliphatic carbocycles. The molecule has 0 saturated heterocycles. The van der Waals surface area contributed by atoms with Crippen LogP contribution in [-0.2, 0) is 0 Å². The molecule has 0 fully saturated rings. The van der Waals surface area contributed by atoms with Crippen molar-refractivity contribution in [1.82, 2.24) is 0 Å². The van der Waals surface area contributed by atoms with Crippen molar-refractivity contribution in [2.45, 2.75) is 111 Å². The highest BCUT2D eigenvalue weighted by Crippen LogP contribution is 2.18. The first-order valence-electron chi connectivity index (χ1n) is 8.81. The molecule has 1 unspecified atom stereocenters. The van der Waals surface area contributed by atoms with Crippen LogP contribution in [0.1, 0.15) is 111 Å². The lowest BCUT2D eigenvalue weighted by Crippen LogP contribution is -1.95. The van der Waals surface area contributed by atoms with Gasteiger partial charge in [0.25, 0.3) is 0 Å². The van der Waals surface area contributed by atoms with Crippen molar-refractivity contribution in [3.8, 4) is 0 Å². The van der Waals surface area contributed by atoms with E-state index in [1.165, 1.54) is 89.9 Å². The van der Waals surface area contributed by atoms with Crippen molar-refractivity contribution in [1.29, 1.82) is 0 Å². The Bertz CT molecular complexity index is 145. The second-order valence-corrected chi connectivity index (χ2v) is 6.22. The van der Waals surface area contributed by atoms with Crippen LogP contribution >= 0.6 is 0 Å². The SMILES string of the molecule is CCCCCCCCCC(C)CCCCCCC.[AlH3]. The van der Waals surface area contributed by atoms with Crippen LogP contribution in [0.3, 0.4) is 0 Å². The first-order chi connectivity index (χ1) is 8.81. The van der Waals surface area contributed by atoms with Crippen LogP contribution in [-0.4, -0.2) is 17.4 Å². The smallest absolute Gasteiger partial charge is 0.0654 e. The van der Waals surface area contributed by atoms with Crippen LogP contribution in [0, 0.1) is 5.92 Å². The lowest BCUT2D eigenvalue weighted by atomic mass is 9.96. The summed E-state index contributed by atoms with van der Waals surface area (Å²) < 4.78 is 0. The van der Waals surface area contributed by atoms with Crippen LogP contribution in [0.5, 0.6) is 0 Å². The molecule has 116 valence electrons. The zero-order chi connectivity index (χ0) is 13.5. The number of rotatable bonds is 14. The maximum atomic E-state index is 2.46. The van der Waals surface area contributed by atoms with Crippen molar-refractivity contribution in [3.63, 3.8) is 0 Å². The Labute approximate surface area is 134 Å². The Balaban J connectivity index is 0. The number of hydrogen-bond acceptors (Lipinski definition) is 0. The van der Waals surface area contributed by atoms with E-state index < -0.39 is 0 Å². The Morgan fingerprint density at radius 2 is 0.842 bits per heavy atom. The minimum absolute atomic E-state index is 0. The molecule has 0 saturated carbocycles. The maximum Gasteiger partial charge on any atom is 0.187 e. The van der Waals surface area contributed by atoms with E-state index >= 15 is 0 Å². The summed E-state index contributed by atoms with van der Waals surface area (Å²) in [6.45, 7) is 7.04. The lowest BCUT2D eigenvalue weighted by molar-refractivity contribution is 0.432. The monoisotopic (exact) mass is 284 g/mol. The van der Waals surface area contributed by atoms with Crippen molar-refractivity contribution >= 4 is 17.4 Å². The molecule has 0 aromatic rings. The molecule has 1 heteroatoms. The molecular weight excluding hydrogens is 243 g/mol. The van der Waals surface area contributed by atoms with Gasteiger partial charge >= 0.3 is 0 Å². The second-order valence-electron chi connectivity index (χ2n) is 6.22. The fourth-order valence-electron chi connectivity index (χ4n) is 2.69. The van der Waals surface area contributed by atoms with Crippen molar-refractivity contribution in [2.24, 2.45) is 5.92 Å². The lowest BCUT2D eigenvalue weighted by Gasteiger charge is -2.10. The van der Waals surface area contributed by atoms with E-state index in [1.54, 1.807) is 0 Å². The largest absolute Gasteiger partial charge is 0.187 e. The third-order valence-electron chi connectivity index (χ3n) is 4.10. The third kappa shape index (κ3) is 18.5. The van der Waals surface area contributed by atoms with Crippen molar-refractivity contribution in [2.75, 3.05) is 0 Å². The predicted molar refractivity (Wildman–Crippen MR) is 95.1 cm³/mol. The normalized spacial score (nSPS) is 12.2. The second kappa shape index (κ2) is 18.5. The standard InChI is InChI=1S/C18H38.Al.3H/c1-4-6-8-10-11-13-15-17-18(3)16-14-12-9-7-5-2;;;;/h18H,4-17H2,1-3H3;;;;. The molecule has 0 nitrogen and oxygen atoms in total. The van der Waals surface area contributed by atoms with E-state index in [-0.39, 0.29) is 17.4 Å². The highest BCUT2D eigenvalue weighted by molar-refractivity contribution is 5.75. The minimum atomic E-state index is 0. The topological polar surface area (TPSA) is 0 Å². The molecule has 0 bridgehead atoms. The molecule has 0 N–H and O–H groups in total. The van der Waals surface area contributed by atoms with Crippen molar-refractivity contribution < 1.29 is 0 Å². The van der Waals surface area contributed by atoms with Gasteiger partial charge in [-0.1, -0.05) is 111 Å². The van der Waals surface area contributed by atoms with Gasteiger partial charge in [0.2, 0.25) is 0 Å². The van der Waals surface area contributed by atoms with Crippen molar-refractivity contribution in [3.05, 3.63) is 0 Å². The molecule has 0 amide bonds. The van der Waals surface area contributed by atoms with Crippen LogP contribution in [0.2, 0.25) is 0 Å². The summed E-state index contributed by atoms with van der Waals surface area (Å²) in [5.74, 6) is 0.974. The highest BCUT2D eigenvalue weighted by atomic mass is 27.0. The molecule has 0 aliphatic rings. The third-order valence-corrected chi connectivity index (χ3v) is 4.10. The summed E-state index contributed by atoms with van der Waals surface area (Å²) in [7, 11) is 0. The average molecular weight is 285 g/mol. The van der Waals surface area contributed by atoms with Gasteiger partial charge in [0.1, 0.15) is 0 Å². The van der Waals surface area contributed by atoms with E-state index in [0.29, 0.717) is 0 Å².